The molecule has 0 saturated heterocycles. The molecular formula is C21H36F2N4S. The Morgan fingerprint density at radius 2 is 1.79 bits per heavy atom. The summed E-state index contributed by atoms with van der Waals surface area (Å²) in [6, 6.07) is 6.16. The third-order valence-corrected chi connectivity index (χ3v) is 4.48. The molecule has 1 aliphatic rings. The molecule has 1 aliphatic carbocycles. The number of nitrogens with one attached hydrogen (secondary N) is 2. The van der Waals surface area contributed by atoms with Crippen molar-refractivity contribution in [1.82, 2.24) is 14.7 Å². The van der Waals surface area contributed by atoms with Gasteiger partial charge in [0.1, 0.15) is 5.82 Å². The van der Waals surface area contributed by atoms with E-state index < -0.39 is 5.92 Å². The van der Waals surface area contributed by atoms with Crippen molar-refractivity contribution in [3.05, 3.63) is 29.6 Å². The van der Waals surface area contributed by atoms with E-state index in [2.05, 4.69) is 41.5 Å². The van der Waals surface area contributed by atoms with E-state index in [0.717, 1.165) is 41.3 Å². The van der Waals surface area contributed by atoms with Crippen molar-refractivity contribution in [2.75, 3.05) is 6.26 Å². The number of H-pyrrole nitrogens is 1. The minimum atomic E-state index is -2.32. The van der Waals surface area contributed by atoms with E-state index in [4.69, 9.17) is 5.73 Å². The number of hydrogen-bond donors (Lipinski definition) is 3. The van der Waals surface area contributed by atoms with Gasteiger partial charge in [-0.05, 0) is 49.6 Å². The number of rotatable bonds is 4. The first-order chi connectivity index (χ1) is 13.1. The molecule has 1 unspecified atom stereocenters. The first-order valence-corrected chi connectivity index (χ1v) is 11.2. The molecule has 160 valence electrons. The fraction of sp³-hybridized carbons (Fsp3) is 0.667. The van der Waals surface area contributed by atoms with Crippen LogP contribution in [0.2, 0.25) is 0 Å². The van der Waals surface area contributed by atoms with Gasteiger partial charge in [-0.25, -0.2) is 13.8 Å². The number of aromatic amines is 1. The first-order valence-electron chi connectivity index (χ1n) is 10.0. The molecule has 0 bridgehead atoms. The van der Waals surface area contributed by atoms with Gasteiger partial charge >= 0.3 is 0 Å². The molecule has 1 aromatic heterocycles. The van der Waals surface area contributed by atoms with E-state index >= 15 is 0 Å². The summed E-state index contributed by atoms with van der Waals surface area (Å²) in [5.74, 6) is -0.538. The number of imidazole rings is 1. The highest BCUT2D eigenvalue weighted by molar-refractivity contribution is 7.96. The van der Waals surface area contributed by atoms with Gasteiger partial charge < -0.3 is 10.7 Å². The van der Waals surface area contributed by atoms with Crippen molar-refractivity contribution < 1.29 is 8.78 Å². The van der Waals surface area contributed by atoms with Crippen LogP contribution in [0.3, 0.4) is 0 Å². The molecule has 0 amide bonds. The Kier molecular flexibility index (Phi) is 11.0. The van der Waals surface area contributed by atoms with Crippen LogP contribution in [0.1, 0.15) is 77.2 Å². The second kappa shape index (κ2) is 12.4. The fourth-order valence-electron chi connectivity index (χ4n) is 2.66. The minimum Gasteiger partial charge on any atom is -0.341 e. The molecule has 1 saturated carbocycles. The van der Waals surface area contributed by atoms with Gasteiger partial charge in [0, 0.05) is 18.9 Å². The Morgan fingerprint density at radius 1 is 1.18 bits per heavy atom. The van der Waals surface area contributed by atoms with Gasteiger partial charge in [-0.3, -0.25) is 4.72 Å². The van der Waals surface area contributed by atoms with Gasteiger partial charge in [0.05, 0.1) is 17.6 Å². The largest absolute Gasteiger partial charge is 0.341 e. The van der Waals surface area contributed by atoms with Crippen molar-refractivity contribution >= 4 is 23.0 Å². The minimum absolute atomic E-state index is 0.0560. The number of halogens is 2. The zero-order chi connectivity index (χ0) is 21.2. The molecule has 7 heteroatoms. The van der Waals surface area contributed by atoms with Crippen LogP contribution in [0.5, 0.6) is 0 Å². The third kappa shape index (κ3) is 9.85. The molecule has 0 aliphatic heterocycles. The van der Waals surface area contributed by atoms with Gasteiger partial charge in [-0.15, -0.1) is 0 Å². The van der Waals surface area contributed by atoms with Crippen molar-refractivity contribution in [2.45, 2.75) is 78.3 Å². The highest BCUT2D eigenvalue weighted by Gasteiger charge is 2.30. The predicted molar refractivity (Wildman–Crippen MR) is 118 cm³/mol. The average Bonchev–Trinajstić information content (AvgIpc) is 3.01. The zero-order valence-electron chi connectivity index (χ0n) is 17.8. The molecule has 28 heavy (non-hydrogen) atoms. The maximum absolute atomic E-state index is 12.2. The quantitative estimate of drug-likeness (QED) is 0.521. The van der Waals surface area contributed by atoms with E-state index in [1.165, 1.54) is 0 Å². The number of alkyl halides is 2. The van der Waals surface area contributed by atoms with E-state index in [9.17, 15) is 8.78 Å². The maximum atomic E-state index is 12.2. The normalized spacial score (nSPS) is 16.8. The summed E-state index contributed by atoms with van der Waals surface area (Å²) < 4.78 is 27.6. The van der Waals surface area contributed by atoms with Gasteiger partial charge in [0.15, 0.2) is 0 Å². The molecule has 4 N–H and O–H groups in total. The van der Waals surface area contributed by atoms with E-state index in [1.54, 1.807) is 11.9 Å². The standard InChI is InChI=1S/C11H16N4S.C6H10F2.C4H10/c1-7(12)8-3-4-9-10(5-8)15-11(14-9)6-13-16-2;7-6(8)4-2-1-3-5-6;1-4(2)3/h3-5,7,13H,6,12H2,1-2H3,(H,14,15);1-5H2;4H,1-3H3. The van der Waals surface area contributed by atoms with Crippen molar-refractivity contribution in [3.63, 3.8) is 0 Å². The molecule has 3 rings (SSSR count). The molecule has 1 heterocycles. The summed E-state index contributed by atoms with van der Waals surface area (Å²) in [6.45, 7) is 9.22. The Morgan fingerprint density at radius 3 is 2.25 bits per heavy atom. The first kappa shape index (κ1) is 24.9. The molecule has 4 nitrogen and oxygen atoms in total. The summed E-state index contributed by atoms with van der Waals surface area (Å²) in [5.41, 5.74) is 9.00. The van der Waals surface area contributed by atoms with E-state index in [1.807, 2.05) is 25.3 Å². The Hall–Kier alpha value is -1.18. The average molecular weight is 415 g/mol. The highest BCUT2D eigenvalue weighted by Crippen LogP contribution is 2.32. The Labute approximate surface area is 172 Å². The van der Waals surface area contributed by atoms with Crippen LogP contribution in [-0.2, 0) is 6.54 Å². The highest BCUT2D eigenvalue weighted by atomic mass is 32.2. The molecule has 1 fully saturated rings. The summed E-state index contributed by atoms with van der Waals surface area (Å²) in [6.07, 6.45) is 4.66. The van der Waals surface area contributed by atoms with Gasteiger partial charge in [-0.2, -0.15) is 0 Å². The molecular weight excluding hydrogens is 378 g/mol. The lowest BCUT2D eigenvalue weighted by Crippen LogP contribution is -2.18. The maximum Gasteiger partial charge on any atom is 0.248 e. The number of nitrogens with zero attached hydrogens (tertiary/aromatic N) is 1. The van der Waals surface area contributed by atoms with Crippen LogP contribution in [-0.4, -0.2) is 22.1 Å². The lowest BCUT2D eigenvalue weighted by Gasteiger charge is -2.20. The lowest BCUT2D eigenvalue weighted by atomic mass is 9.97. The van der Waals surface area contributed by atoms with Crippen LogP contribution in [0.25, 0.3) is 11.0 Å². The van der Waals surface area contributed by atoms with Gasteiger partial charge in [-0.1, -0.05) is 45.2 Å². The van der Waals surface area contributed by atoms with Crippen LogP contribution in [0, 0.1) is 5.92 Å². The summed E-state index contributed by atoms with van der Waals surface area (Å²) >= 11 is 1.58. The molecule has 0 radical (unpaired) electrons. The van der Waals surface area contributed by atoms with Crippen LogP contribution < -0.4 is 10.5 Å². The monoisotopic (exact) mass is 414 g/mol. The van der Waals surface area contributed by atoms with Crippen molar-refractivity contribution in [3.8, 4) is 0 Å². The summed E-state index contributed by atoms with van der Waals surface area (Å²) in [4.78, 5) is 7.76. The van der Waals surface area contributed by atoms with Crippen molar-refractivity contribution in [2.24, 2.45) is 11.7 Å². The van der Waals surface area contributed by atoms with Crippen molar-refractivity contribution in [1.29, 1.82) is 0 Å². The van der Waals surface area contributed by atoms with Crippen LogP contribution >= 0.6 is 11.9 Å². The topological polar surface area (TPSA) is 66.7 Å². The SMILES string of the molecule is CC(C)C.CSNCc1nc2ccc(C(C)N)cc2[nH]1.FC1(F)CCCCC1. The van der Waals surface area contributed by atoms with Crippen LogP contribution in [0.4, 0.5) is 8.78 Å². The van der Waals surface area contributed by atoms with E-state index in [0.29, 0.717) is 12.8 Å². The summed E-state index contributed by atoms with van der Waals surface area (Å²) in [5, 5.41) is 0. The Balaban J connectivity index is 0.000000272. The van der Waals surface area contributed by atoms with E-state index in [-0.39, 0.29) is 18.9 Å². The third-order valence-electron chi connectivity index (χ3n) is 4.05. The number of fused-ring (bicyclic) bond motifs is 1. The second-order valence-corrected chi connectivity index (χ2v) is 8.62. The smallest absolute Gasteiger partial charge is 0.248 e. The molecule has 1 atom stereocenters. The molecule has 2 aromatic rings. The predicted octanol–water partition coefficient (Wildman–Crippen LogP) is 6.20. The molecule has 0 spiro atoms. The van der Waals surface area contributed by atoms with Crippen LogP contribution in [0.15, 0.2) is 18.2 Å². The summed E-state index contributed by atoms with van der Waals surface area (Å²) in [7, 11) is 0. The molecule has 1 aromatic carbocycles. The zero-order valence-corrected chi connectivity index (χ0v) is 18.6. The number of aromatic nitrogens is 2. The second-order valence-electron chi connectivity index (χ2n) is 7.92. The fourth-order valence-corrected chi connectivity index (χ4v) is 2.94. The van der Waals surface area contributed by atoms with Gasteiger partial charge in [0.2, 0.25) is 5.92 Å². The Bertz CT molecular complexity index is 675. The lowest BCUT2D eigenvalue weighted by molar-refractivity contribution is -0.0337. The number of hydrogen-bond acceptors (Lipinski definition) is 4. The number of nitrogens with two attached hydrogens (primary N) is 1. The number of benzene rings is 1. The van der Waals surface area contributed by atoms with Gasteiger partial charge in [0.25, 0.3) is 0 Å².